The Morgan fingerprint density at radius 1 is 1.33 bits per heavy atom. The van der Waals surface area contributed by atoms with Crippen LogP contribution in [0.2, 0.25) is 0 Å². The molecule has 2 heterocycles. The highest BCUT2D eigenvalue weighted by Crippen LogP contribution is 2.10. The smallest absolute Gasteiger partial charge is 0.244 e. The molecule has 0 atom stereocenters. The summed E-state index contributed by atoms with van der Waals surface area (Å²) in [4.78, 5) is 11.9. The molecule has 2 aromatic rings. The van der Waals surface area contributed by atoms with Crippen molar-refractivity contribution in [3.8, 4) is 0 Å². The van der Waals surface area contributed by atoms with E-state index in [-0.39, 0.29) is 6.03 Å². The van der Waals surface area contributed by atoms with Gasteiger partial charge in [-0.25, -0.2) is 4.79 Å². The first-order valence-corrected chi connectivity index (χ1v) is 4.68. The molecule has 0 fully saturated rings. The zero-order valence-electron chi connectivity index (χ0n) is 8.93. The Bertz CT molecular complexity index is 496. The standard InChI is InChI=1S/C10H12N4O/c1-7-8(2)12-14(9(7)3)10(15)13-6-4-5-11-13/h4-6H,1-3H3. The van der Waals surface area contributed by atoms with E-state index in [0.717, 1.165) is 17.0 Å². The van der Waals surface area contributed by atoms with Gasteiger partial charge < -0.3 is 0 Å². The number of nitrogens with zero attached hydrogens (tertiary/aromatic N) is 4. The van der Waals surface area contributed by atoms with Gasteiger partial charge in [-0.1, -0.05) is 0 Å². The highest BCUT2D eigenvalue weighted by molar-refractivity contribution is 5.78. The zero-order chi connectivity index (χ0) is 11.0. The molecule has 0 aliphatic heterocycles. The fourth-order valence-corrected chi connectivity index (χ4v) is 1.39. The Balaban J connectivity index is 2.47. The highest BCUT2D eigenvalue weighted by atomic mass is 16.2. The summed E-state index contributed by atoms with van der Waals surface area (Å²) in [5, 5.41) is 8.05. The summed E-state index contributed by atoms with van der Waals surface area (Å²) in [5.41, 5.74) is 2.76. The molecule has 0 radical (unpaired) electrons. The molecule has 15 heavy (non-hydrogen) atoms. The predicted molar refractivity (Wildman–Crippen MR) is 54.9 cm³/mol. The van der Waals surface area contributed by atoms with Crippen molar-refractivity contribution >= 4 is 6.03 Å². The van der Waals surface area contributed by atoms with Gasteiger partial charge >= 0.3 is 6.03 Å². The van der Waals surface area contributed by atoms with E-state index in [4.69, 9.17) is 0 Å². The number of aromatic nitrogens is 4. The van der Waals surface area contributed by atoms with E-state index in [2.05, 4.69) is 10.2 Å². The average Bonchev–Trinajstić information content (AvgIpc) is 2.82. The molecule has 0 amide bonds. The van der Waals surface area contributed by atoms with E-state index in [1.54, 1.807) is 18.5 Å². The van der Waals surface area contributed by atoms with Crippen LogP contribution in [0.1, 0.15) is 17.0 Å². The monoisotopic (exact) mass is 204 g/mol. The summed E-state index contributed by atoms with van der Waals surface area (Å²) in [7, 11) is 0. The molecule has 0 aliphatic carbocycles. The Hall–Kier alpha value is -1.91. The Morgan fingerprint density at radius 3 is 2.53 bits per heavy atom. The first-order chi connectivity index (χ1) is 7.11. The summed E-state index contributed by atoms with van der Waals surface area (Å²) in [6.07, 6.45) is 3.17. The molecule has 2 rings (SSSR count). The van der Waals surface area contributed by atoms with Gasteiger partial charge in [-0.2, -0.15) is 19.6 Å². The molecule has 5 nitrogen and oxygen atoms in total. The quantitative estimate of drug-likeness (QED) is 0.653. The predicted octanol–water partition coefficient (Wildman–Crippen LogP) is 1.52. The number of rotatable bonds is 0. The van der Waals surface area contributed by atoms with E-state index >= 15 is 0 Å². The third-order valence-electron chi connectivity index (χ3n) is 2.53. The fraction of sp³-hybridized carbons (Fsp3) is 0.300. The summed E-state index contributed by atoms with van der Waals surface area (Å²) in [6, 6.07) is 1.45. The van der Waals surface area contributed by atoms with Crippen LogP contribution in [0.3, 0.4) is 0 Å². The summed E-state index contributed by atoms with van der Waals surface area (Å²) < 4.78 is 2.64. The molecule has 0 unspecified atom stereocenters. The lowest BCUT2D eigenvalue weighted by atomic mass is 10.2. The van der Waals surface area contributed by atoms with Crippen molar-refractivity contribution in [1.29, 1.82) is 0 Å². The number of carbonyl (C=O) groups is 1. The minimum atomic E-state index is -0.256. The summed E-state index contributed by atoms with van der Waals surface area (Å²) in [5.74, 6) is 0. The van der Waals surface area contributed by atoms with Gasteiger partial charge in [0.1, 0.15) is 0 Å². The highest BCUT2D eigenvalue weighted by Gasteiger charge is 2.14. The molecular formula is C10H12N4O. The van der Waals surface area contributed by atoms with E-state index in [1.807, 2.05) is 20.8 Å². The largest absolute Gasteiger partial charge is 0.369 e. The van der Waals surface area contributed by atoms with Crippen LogP contribution in [-0.2, 0) is 0 Å². The van der Waals surface area contributed by atoms with Crippen molar-refractivity contribution in [3.63, 3.8) is 0 Å². The van der Waals surface area contributed by atoms with Crippen LogP contribution in [0.15, 0.2) is 18.5 Å². The van der Waals surface area contributed by atoms with E-state index < -0.39 is 0 Å². The first kappa shape index (κ1) is 9.64. The molecule has 78 valence electrons. The fourth-order valence-electron chi connectivity index (χ4n) is 1.39. The van der Waals surface area contributed by atoms with Crippen LogP contribution in [0, 0.1) is 20.8 Å². The van der Waals surface area contributed by atoms with E-state index in [9.17, 15) is 4.79 Å². The Morgan fingerprint density at radius 2 is 2.07 bits per heavy atom. The molecule has 0 spiro atoms. The van der Waals surface area contributed by atoms with Gasteiger partial charge in [0, 0.05) is 18.1 Å². The van der Waals surface area contributed by atoms with Crippen LogP contribution >= 0.6 is 0 Å². The van der Waals surface area contributed by atoms with Crippen molar-refractivity contribution < 1.29 is 4.79 Å². The molecule has 0 saturated carbocycles. The van der Waals surface area contributed by atoms with E-state index in [1.165, 1.54) is 9.36 Å². The third kappa shape index (κ3) is 1.45. The third-order valence-corrected chi connectivity index (χ3v) is 2.53. The molecule has 2 aromatic heterocycles. The topological polar surface area (TPSA) is 52.7 Å². The lowest BCUT2D eigenvalue weighted by Crippen LogP contribution is -2.22. The Kier molecular flexibility index (Phi) is 2.15. The molecule has 0 aliphatic rings. The minimum absolute atomic E-state index is 0.256. The summed E-state index contributed by atoms with van der Waals surface area (Å²) in [6.45, 7) is 5.70. The van der Waals surface area contributed by atoms with Gasteiger partial charge in [0.25, 0.3) is 0 Å². The molecular weight excluding hydrogens is 192 g/mol. The van der Waals surface area contributed by atoms with Crippen molar-refractivity contribution in [2.24, 2.45) is 0 Å². The van der Waals surface area contributed by atoms with Gasteiger partial charge in [-0.05, 0) is 32.4 Å². The minimum Gasteiger partial charge on any atom is -0.244 e. The average molecular weight is 204 g/mol. The van der Waals surface area contributed by atoms with Gasteiger partial charge in [0.2, 0.25) is 0 Å². The second-order valence-electron chi connectivity index (χ2n) is 3.44. The van der Waals surface area contributed by atoms with Crippen molar-refractivity contribution in [2.45, 2.75) is 20.8 Å². The lowest BCUT2D eigenvalue weighted by Gasteiger charge is -2.01. The maximum atomic E-state index is 11.9. The van der Waals surface area contributed by atoms with Crippen LogP contribution < -0.4 is 0 Å². The number of hydrogen-bond donors (Lipinski definition) is 0. The van der Waals surface area contributed by atoms with Crippen molar-refractivity contribution in [3.05, 3.63) is 35.4 Å². The van der Waals surface area contributed by atoms with Crippen LogP contribution in [0.25, 0.3) is 0 Å². The number of carbonyl (C=O) groups excluding carboxylic acids is 1. The number of aryl methyl sites for hydroxylation is 1. The Labute approximate surface area is 87.3 Å². The second kappa shape index (κ2) is 3.34. The van der Waals surface area contributed by atoms with Crippen molar-refractivity contribution in [1.82, 2.24) is 19.6 Å². The van der Waals surface area contributed by atoms with E-state index in [0.29, 0.717) is 0 Å². The van der Waals surface area contributed by atoms with Gasteiger partial charge in [0.15, 0.2) is 0 Å². The molecule has 5 heteroatoms. The molecule has 0 saturated heterocycles. The first-order valence-electron chi connectivity index (χ1n) is 4.68. The van der Waals surface area contributed by atoms with Crippen LogP contribution in [0.5, 0.6) is 0 Å². The maximum absolute atomic E-state index is 11.9. The maximum Gasteiger partial charge on any atom is 0.369 e. The van der Waals surface area contributed by atoms with Crippen LogP contribution in [0.4, 0.5) is 4.79 Å². The zero-order valence-corrected chi connectivity index (χ0v) is 8.93. The van der Waals surface area contributed by atoms with Crippen molar-refractivity contribution in [2.75, 3.05) is 0 Å². The molecule has 0 aromatic carbocycles. The molecule has 0 N–H and O–H groups in total. The SMILES string of the molecule is Cc1nn(C(=O)n2cccn2)c(C)c1C. The van der Waals surface area contributed by atoms with Gasteiger partial charge in [-0.15, -0.1) is 0 Å². The van der Waals surface area contributed by atoms with Gasteiger partial charge in [-0.3, -0.25) is 0 Å². The van der Waals surface area contributed by atoms with Crippen LogP contribution in [-0.4, -0.2) is 25.6 Å². The lowest BCUT2D eigenvalue weighted by molar-refractivity contribution is 0.237. The molecule has 0 bridgehead atoms. The second-order valence-corrected chi connectivity index (χ2v) is 3.44. The normalized spacial score (nSPS) is 10.6. The van der Waals surface area contributed by atoms with Gasteiger partial charge in [0.05, 0.1) is 5.69 Å². The number of hydrogen-bond acceptors (Lipinski definition) is 3. The summed E-state index contributed by atoms with van der Waals surface area (Å²) >= 11 is 0.